The number of hydrogen-bond donors (Lipinski definition) is 0. The molecule has 8 nitrogen and oxygen atoms in total. The van der Waals surface area contributed by atoms with Crippen LogP contribution >= 0.6 is 0 Å². The summed E-state index contributed by atoms with van der Waals surface area (Å²) in [6, 6.07) is 15.0. The van der Waals surface area contributed by atoms with Crippen LogP contribution in [0, 0.1) is 0 Å². The van der Waals surface area contributed by atoms with Crippen LogP contribution in [0.25, 0.3) is 0 Å². The first-order valence-corrected chi connectivity index (χ1v) is 9.62. The van der Waals surface area contributed by atoms with Crippen LogP contribution < -0.4 is 0 Å². The van der Waals surface area contributed by atoms with Crippen LogP contribution in [0.1, 0.15) is 32.4 Å². The lowest BCUT2D eigenvalue weighted by molar-refractivity contribution is -0.162. The molecule has 0 N–H and O–H groups in total. The van der Waals surface area contributed by atoms with Gasteiger partial charge in [0.05, 0.1) is 24.3 Å². The molecule has 2 aromatic rings. The van der Waals surface area contributed by atoms with Crippen molar-refractivity contribution in [1.29, 1.82) is 0 Å². The third-order valence-corrected chi connectivity index (χ3v) is 5.06. The van der Waals surface area contributed by atoms with E-state index in [-0.39, 0.29) is 17.0 Å². The smallest absolute Gasteiger partial charge is 0.327 e. The van der Waals surface area contributed by atoms with Gasteiger partial charge in [0.2, 0.25) is 6.10 Å². The molecule has 30 heavy (non-hydrogen) atoms. The Bertz CT molecular complexity index is 949. The van der Waals surface area contributed by atoms with E-state index in [2.05, 4.69) is 0 Å². The number of rotatable bonds is 5. The number of carbonyl (C=O) groups excluding carboxylic acids is 4. The van der Waals surface area contributed by atoms with Gasteiger partial charge in [0.1, 0.15) is 6.54 Å². The molecule has 3 amide bonds. The average molecular weight is 408 g/mol. The Balaban J connectivity index is 1.50. The highest BCUT2D eigenvalue weighted by molar-refractivity contribution is 6.22. The molecule has 2 aromatic carbocycles. The minimum atomic E-state index is -1.16. The molecule has 0 aliphatic carbocycles. The van der Waals surface area contributed by atoms with Gasteiger partial charge >= 0.3 is 5.97 Å². The molecule has 2 heterocycles. The molecule has 0 bridgehead atoms. The van der Waals surface area contributed by atoms with Gasteiger partial charge in [-0.15, -0.1) is 0 Å². The minimum absolute atomic E-state index is 0.249. The normalized spacial score (nSPS) is 16.9. The maximum Gasteiger partial charge on any atom is 0.327 e. The number of carbonyl (C=O) groups is 4. The number of fused-ring (bicyclic) bond motifs is 1. The molecular formula is C22H20N2O6. The fraction of sp³-hybridized carbons (Fsp3) is 0.273. The predicted molar refractivity (Wildman–Crippen MR) is 104 cm³/mol. The molecule has 1 saturated heterocycles. The molecule has 4 rings (SSSR count). The van der Waals surface area contributed by atoms with Gasteiger partial charge in [-0.25, -0.2) is 0 Å². The standard InChI is InChI=1S/C22H20N2O6/c25-18(14-24-20(26)16-8-4-5-9-17(16)21(24)27)30-19(15-6-2-1-3-7-15)22(28)23-10-12-29-13-11-23/h1-9,19H,10-14H2/t19-/m1/s1. The maximum absolute atomic E-state index is 13.0. The fourth-order valence-electron chi connectivity index (χ4n) is 3.52. The Morgan fingerprint density at radius 3 is 2.07 bits per heavy atom. The van der Waals surface area contributed by atoms with E-state index in [0.717, 1.165) is 4.90 Å². The van der Waals surface area contributed by atoms with E-state index in [1.165, 1.54) is 12.1 Å². The van der Waals surface area contributed by atoms with Crippen LogP contribution in [0.4, 0.5) is 0 Å². The van der Waals surface area contributed by atoms with Gasteiger partial charge in [0, 0.05) is 18.7 Å². The van der Waals surface area contributed by atoms with E-state index in [0.29, 0.717) is 31.9 Å². The van der Waals surface area contributed by atoms with Crippen molar-refractivity contribution in [3.05, 3.63) is 71.3 Å². The third-order valence-electron chi connectivity index (χ3n) is 5.06. The van der Waals surface area contributed by atoms with Gasteiger partial charge in [0.15, 0.2) is 0 Å². The first-order chi connectivity index (χ1) is 14.6. The summed E-state index contributed by atoms with van der Waals surface area (Å²) >= 11 is 0. The lowest BCUT2D eigenvalue weighted by Gasteiger charge is -2.30. The second-order valence-electron chi connectivity index (χ2n) is 6.96. The highest BCUT2D eigenvalue weighted by Crippen LogP contribution is 2.24. The summed E-state index contributed by atoms with van der Waals surface area (Å²) in [6.07, 6.45) is -1.16. The predicted octanol–water partition coefficient (Wildman–Crippen LogP) is 1.43. The SMILES string of the molecule is O=C(CN1C(=O)c2ccccc2C1=O)O[C@@H](C(=O)N1CCOCC1)c1ccccc1. The van der Waals surface area contributed by atoms with Gasteiger partial charge in [-0.1, -0.05) is 42.5 Å². The van der Waals surface area contributed by atoms with Crippen LogP contribution in [0.3, 0.4) is 0 Å². The summed E-state index contributed by atoms with van der Waals surface area (Å²) in [4.78, 5) is 53.1. The van der Waals surface area contributed by atoms with Gasteiger partial charge in [-0.3, -0.25) is 24.1 Å². The lowest BCUT2D eigenvalue weighted by Crippen LogP contribution is -2.44. The van der Waals surface area contributed by atoms with Crippen molar-refractivity contribution in [3.63, 3.8) is 0 Å². The molecule has 1 atom stereocenters. The first-order valence-electron chi connectivity index (χ1n) is 9.62. The number of benzene rings is 2. The zero-order valence-corrected chi connectivity index (χ0v) is 16.2. The van der Waals surface area contributed by atoms with E-state index >= 15 is 0 Å². The Morgan fingerprint density at radius 1 is 0.900 bits per heavy atom. The number of esters is 1. The zero-order valence-electron chi connectivity index (χ0n) is 16.2. The number of ether oxygens (including phenoxy) is 2. The maximum atomic E-state index is 13.0. The van der Waals surface area contributed by atoms with E-state index < -0.39 is 30.4 Å². The van der Waals surface area contributed by atoms with Gasteiger partial charge in [-0.05, 0) is 12.1 Å². The number of nitrogens with zero attached hydrogens (tertiary/aromatic N) is 2. The molecule has 0 radical (unpaired) electrons. The van der Waals surface area contributed by atoms with Crippen molar-refractivity contribution in [2.45, 2.75) is 6.10 Å². The Morgan fingerprint density at radius 2 is 1.47 bits per heavy atom. The molecule has 0 saturated carbocycles. The molecule has 2 aliphatic rings. The molecule has 2 aliphatic heterocycles. The molecule has 8 heteroatoms. The van der Waals surface area contributed by atoms with E-state index in [4.69, 9.17) is 9.47 Å². The van der Waals surface area contributed by atoms with Crippen molar-refractivity contribution >= 4 is 23.7 Å². The second kappa shape index (κ2) is 8.46. The average Bonchev–Trinajstić information content (AvgIpc) is 3.03. The van der Waals surface area contributed by atoms with Crippen molar-refractivity contribution < 1.29 is 28.7 Å². The van der Waals surface area contributed by atoms with Crippen molar-refractivity contribution in [1.82, 2.24) is 9.80 Å². The van der Waals surface area contributed by atoms with Crippen molar-refractivity contribution in [2.24, 2.45) is 0 Å². The number of morpholine rings is 1. The van der Waals surface area contributed by atoms with Crippen LogP contribution in [-0.2, 0) is 19.1 Å². The summed E-state index contributed by atoms with van der Waals surface area (Å²) < 4.78 is 10.8. The topological polar surface area (TPSA) is 93.2 Å². The van der Waals surface area contributed by atoms with Crippen molar-refractivity contribution in [3.8, 4) is 0 Å². The van der Waals surface area contributed by atoms with Gasteiger partial charge in [-0.2, -0.15) is 0 Å². The lowest BCUT2D eigenvalue weighted by atomic mass is 10.1. The number of hydrogen-bond acceptors (Lipinski definition) is 6. The van der Waals surface area contributed by atoms with Crippen LogP contribution in [0.2, 0.25) is 0 Å². The van der Waals surface area contributed by atoms with Crippen LogP contribution in [0.5, 0.6) is 0 Å². The molecule has 0 unspecified atom stereocenters. The minimum Gasteiger partial charge on any atom is -0.446 e. The molecule has 154 valence electrons. The van der Waals surface area contributed by atoms with Gasteiger partial charge < -0.3 is 14.4 Å². The third kappa shape index (κ3) is 3.81. The van der Waals surface area contributed by atoms with Crippen molar-refractivity contribution in [2.75, 3.05) is 32.8 Å². The fourth-order valence-corrected chi connectivity index (χ4v) is 3.52. The Labute approximate surface area is 173 Å². The quantitative estimate of drug-likeness (QED) is 0.549. The monoisotopic (exact) mass is 408 g/mol. The number of amides is 3. The first kappa shape index (κ1) is 19.8. The highest BCUT2D eigenvalue weighted by atomic mass is 16.5. The summed E-state index contributed by atoms with van der Waals surface area (Å²) in [5, 5.41) is 0. The van der Waals surface area contributed by atoms with Crippen LogP contribution in [0.15, 0.2) is 54.6 Å². The second-order valence-corrected chi connectivity index (χ2v) is 6.96. The molecule has 1 fully saturated rings. The van der Waals surface area contributed by atoms with E-state index in [1.807, 2.05) is 0 Å². The summed E-state index contributed by atoms with van der Waals surface area (Å²) in [5.74, 6) is -2.30. The Kier molecular flexibility index (Phi) is 5.58. The van der Waals surface area contributed by atoms with E-state index in [1.54, 1.807) is 47.4 Å². The molecule has 0 aromatic heterocycles. The summed E-state index contributed by atoms with van der Waals surface area (Å²) in [7, 11) is 0. The van der Waals surface area contributed by atoms with Crippen LogP contribution in [-0.4, -0.2) is 66.3 Å². The largest absolute Gasteiger partial charge is 0.446 e. The summed E-state index contributed by atoms with van der Waals surface area (Å²) in [5.41, 5.74) is 1.02. The zero-order chi connectivity index (χ0) is 21.1. The highest BCUT2D eigenvalue weighted by Gasteiger charge is 2.38. The Hall–Kier alpha value is -3.52. The molecular weight excluding hydrogens is 388 g/mol. The number of imide groups is 1. The van der Waals surface area contributed by atoms with Gasteiger partial charge in [0.25, 0.3) is 17.7 Å². The molecule has 0 spiro atoms. The summed E-state index contributed by atoms with van der Waals surface area (Å²) in [6.45, 7) is 1.06. The van der Waals surface area contributed by atoms with E-state index in [9.17, 15) is 19.2 Å².